The van der Waals surface area contributed by atoms with E-state index in [1.807, 2.05) is 0 Å². The Morgan fingerprint density at radius 1 is 1.25 bits per heavy atom. The summed E-state index contributed by atoms with van der Waals surface area (Å²) in [6.07, 6.45) is 0. The van der Waals surface area contributed by atoms with Gasteiger partial charge < -0.3 is 8.74 Å². The van der Waals surface area contributed by atoms with E-state index in [2.05, 4.69) is 20.1 Å². The minimum absolute atomic E-state index is 0.00759. The van der Waals surface area contributed by atoms with Crippen molar-refractivity contribution in [2.75, 3.05) is 0 Å². The molecule has 0 unspecified atom stereocenters. The van der Waals surface area contributed by atoms with Crippen molar-refractivity contribution in [1.82, 2.24) is 0 Å². The van der Waals surface area contributed by atoms with Crippen molar-refractivity contribution in [1.29, 1.82) is 0 Å². The number of hydrogen-bond donors (Lipinski definition) is 0. The number of benzene rings is 1. The van der Waals surface area contributed by atoms with Gasteiger partial charge in [0.1, 0.15) is 5.75 Å². The molecule has 1 aromatic carbocycles. The maximum Gasteiger partial charge on any atom is 0.262 e. The zero-order valence-electron chi connectivity index (χ0n) is 5.73. The first-order valence-corrected chi connectivity index (χ1v) is 5.01. The van der Waals surface area contributed by atoms with Crippen molar-refractivity contribution in [3.63, 3.8) is 0 Å². The van der Waals surface area contributed by atoms with Crippen LogP contribution in [0.1, 0.15) is 0 Å². The summed E-state index contributed by atoms with van der Waals surface area (Å²) < 4.78 is 35.1. The van der Waals surface area contributed by atoms with Gasteiger partial charge in [-0.2, -0.15) is 0 Å². The van der Waals surface area contributed by atoms with Crippen LogP contribution in [0.2, 0.25) is 0 Å². The molecule has 0 aliphatic rings. The van der Waals surface area contributed by atoms with Crippen LogP contribution < -0.4 is 4.18 Å². The maximum absolute atomic E-state index is 10.1. The molecule has 0 aliphatic heterocycles. The lowest BCUT2D eigenvalue weighted by molar-refractivity contribution is 0.372. The van der Waals surface area contributed by atoms with E-state index in [1.54, 1.807) is 12.1 Å². The van der Waals surface area contributed by atoms with Crippen LogP contribution in [0.3, 0.4) is 0 Å². The lowest BCUT2D eigenvalue weighted by Gasteiger charge is -2.07. The molecule has 12 heavy (non-hydrogen) atoms. The van der Waals surface area contributed by atoms with Gasteiger partial charge in [0.05, 0.1) is 0 Å². The topological polar surface area (TPSA) is 66.4 Å². The third-order valence-corrected chi connectivity index (χ3v) is 1.94. The fraction of sp³-hybridized carbons (Fsp3) is 0. The monoisotopic (exact) mass is 251 g/mol. The number of rotatable bonds is 2. The van der Waals surface area contributed by atoms with Gasteiger partial charge in [-0.1, -0.05) is 15.9 Å². The summed E-state index contributed by atoms with van der Waals surface area (Å²) >= 11 is 3.14. The van der Waals surface area contributed by atoms with Crippen molar-refractivity contribution in [3.05, 3.63) is 28.7 Å². The van der Waals surface area contributed by atoms with Crippen LogP contribution >= 0.6 is 15.9 Å². The zero-order chi connectivity index (χ0) is 9.19. The third kappa shape index (κ3) is 3.21. The first-order valence-electron chi connectivity index (χ1n) is 2.88. The maximum atomic E-state index is 10.1. The summed E-state index contributed by atoms with van der Waals surface area (Å²) in [6, 6.07) is 5.89. The Morgan fingerprint density at radius 2 is 1.75 bits per heavy atom. The van der Waals surface area contributed by atoms with E-state index in [0.717, 1.165) is 4.47 Å². The molecule has 66 valence electrons. The standard InChI is InChI=1S/C6H5BrO4S/c7-5-1-3-6(4-2-5)11-12(8,9)10/h1-4H,(H,8,9,10)/p-1. The van der Waals surface area contributed by atoms with Gasteiger partial charge in [-0.05, 0) is 24.3 Å². The van der Waals surface area contributed by atoms with Crippen LogP contribution in [-0.4, -0.2) is 13.0 Å². The molecule has 6 heteroatoms. The third-order valence-electron chi connectivity index (χ3n) is 1.01. The van der Waals surface area contributed by atoms with E-state index in [-0.39, 0.29) is 5.75 Å². The molecule has 0 radical (unpaired) electrons. The van der Waals surface area contributed by atoms with E-state index in [4.69, 9.17) is 0 Å². The molecule has 1 aromatic rings. The molecule has 0 saturated carbocycles. The van der Waals surface area contributed by atoms with Gasteiger partial charge in [0.2, 0.25) is 0 Å². The molecule has 0 N–H and O–H groups in total. The minimum Gasteiger partial charge on any atom is -0.716 e. The normalized spacial score (nSPS) is 11.2. The van der Waals surface area contributed by atoms with Crippen molar-refractivity contribution >= 4 is 26.3 Å². The summed E-state index contributed by atoms with van der Waals surface area (Å²) in [7, 11) is -4.66. The fourth-order valence-electron chi connectivity index (χ4n) is 0.608. The summed E-state index contributed by atoms with van der Waals surface area (Å²) in [4.78, 5) is 0. The van der Waals surface area contributed by atoms with E-state index in [0.29, 0.717) is 0 Å². The molecular formula is C6H4BrO4S-. The average Bonchev–Trinajstić information content (AvgIpc) is 1.91. The smallest absolute Gasteiger partial charge is 0.262 e. The number of halogens is 1. The molecule has 0 heterocycles. The Morgan fingerprint density at radius 3 is 2.17 bits per heavy atom. The molecule has 0 atom stereocenters. The highest BCUT2D eigenvalue weighted by Crippen LogP contribution is 2.16. The molecule has 4 nitrogen and oxygen atoms in total. The Labute approximate surface area is 78.3 Å². The van der Waals surface area contributed by atoms with Gasteiger partial charge in [0.15, 0.2) is 0 Å². The van der Waals surface area contributed by atoms with Gasteiger partial charge in [0.25, 0.3) is 10.4 Å². The number of hydrogen-bond acceptors (Lipinski definition) is 4. The van der Waals surface area contributed by atoms with E-state index < -0.39 is 10.4 Å². The average molecular weight is 252 g/mol. The van der Waals surface area contributed by atoms with Crippen LogP contribution in [0, 0.1) is 0 Å². The van der Waals surface area contributed by atoms with Gasteiger partial charge >= 0.3 is 0 Å². The molecule has 0 aromatic heterocycles. The lowest BCUT2D eigenvalue weighted by atomic mass is 10.3. The zero-order valence-corrected chi connectivity index (χ0v) is 8.13. The fourth-order valence-corrected chi connectivity index (χ4v) is 1.22. The quantitative estimate of drug-likeness (QED) is 0.587. The molecule has 0 bridgehead atoms. The molecular weight excluding hydrogens is 248 g/mol. The van der Waals surface area contributed by atoms with Crippen LogP contribution in [0.4, 0.5) is 0 Å². The van der Waals surface area contributed by atoms with Crippen molar-refractivity contribution in [2.24, 2.45) is 0 Å². The predicted octanol–water partition coefficient (Wildman–Crippen LogP) is 1.29. The molecule has 0 saturated heterocycles. The Bertz CT molecular complexity index is 356. The van der Waals surface area contributed by atoms with Crippen molar-refractivity contribution in [2.45, 2.75) is 0 Å². The second-order valence-electron chi connectivity index (χ2n) is 1.95. The first kappa shape index (κ1) is 9.50. The van der Waals surface area contributed by atoms with Crippen LogP contribution in [0.25, 0.3) is 0 Å². The largest absolute Gasteiger partial charge is 0.716 e. The van der Waals surface area contributed by atoms with Crippen LogP contribution in [-0.2, 0) is 10.4 Å². The predicted molar refractivity (Wildman–Crippen MR) is 44.5 cm³/mol. The van der Waals surface area contributed by atoms with Crippen molar-refractivity contribution < 1.29 is 17.2 Å². The highest BCUT2D eigenvalue weighted by Gasteiger charge is 1.97. The molecule has 0 amide bonds. The summed E-state index contributed by atoms with van der Waals surface area (Å²) in [5.74, 6) is 0.00759. The second kappa shape index (κ2) is 3.42. The van der Waals surface area contributed by atoms with Crippen molar-refractivity contribution in [3.8, 4) is 5.75 Å². The van der Waals surface area contributed by atoms with Crippen LogP contribution in [0.15, 0.2) is 28.7 Å². The Hall–Kier alpha value is -0.590. The van der Waals surface area contributed by atoms with Gasteiger partial charge in [-0.25, -0.2) is 8.42 Å². The Balaban J connectivity index is 2.85. The molecule has 0 aliphatic carbocycles. The minimum atomic E-state index is -4.66. The molecule has 1 rings (SSSR count). The molecule has 0 fully saturated rings. The highest BCUT2D eigenvalue weighted by molar-refractivity contribution is 9.10. The second-order valence-corrected chi connectivity index (χ2v) is 3.84. The van der Waals surface area contributed by atoms with E-state index in [9.17, 15) is 13.0 Å². The van der Waals surface area contributed by atoms with Gasteiger partial charge in [0, 0.05) is 4.47 Å². The SMILES string of the molecule is O=S(=O)([O-])Oc1ccc(Br)cc1. The van der Waals surface area contributed by atoms with E-state index >= 15 is 0 Å². The first-order chi connectivity index (χ1) is 5.47. The summed E-state index contributed by atoms with van der Waals surface area (Å²) in [5.41, 5.74) is 0. The van der Waals surface area contributed by atoms with E-state index in [1.165, 1.54) is 12.1 Å². The lowest BCUT2D eigenvalue weighted by Crippen LogP contribution is -2.06. The summed E-state index contributed by atoms with van der Waals surface area (Å²) in [5, 5.41) is 0. The van der Waals surface area contributed by atoms with Gasteiger partial charge in [-0.3, -0.25) is 0 Å². The highest BCUT2D eigenvalue weighted by atomic mass is 79.9. The van der Waals surface area contributed by atoms with Gasteiger partial charge in [-0.15, -0.1) is 0 Å². The summed E-state index contributed by atoms with van der Waals surface area (Å²) in [6.45, 7) is 0. The molecule has 0 spiro atoms. The van der Waals surface area contributed by atoms with Crippen LogP contribution in [0.5, 0.6) is 5.75 Å². The Kier molecular flexibility index (Phi) is 2.71.